The molecule has 2 aliphatic heterocycles. The van der Waals surface area contributed by atoms with Crippen molar-refractivity contribution >= 4 is 109 Å². The molecule has 238 valence electrons. The molecule has 0 saturated heterocycles. The highest BCUT2D eigenvalue weighted by Crippen LogP contribution is 2.60. The normalized spacial score (nSPS) is 21.6. The summed E-state index contributed by atoms with van der Waals surface area (Å²) in [6, 6.07) is 6.06. The molecule has 4 amide bonds. The number of fused-ring (bicyclic) bond motifs is 8. The number of carbonyl (C=O) groups is 4. The molecule has 4 aliphatic rings. The van der Waals surface area contributed by atoms with Gasteiger partial charge >= 0.3 is 0 Å². The Bertz CT molecular complexity index is 2490. The highest BCUT2D eigenvalue weighted by atomic mass is 32.1. The van der Waals surface area contributed by atoms with Crippen molar-refractivity contribution in [1.29, 1.82) is 10.5 Å². The van der Waals surface area contributed by atoms with E-state index in [1.807, 2.05) is 29.6 Å². The summed E-state index contributed by atoms with van der Waals surface area (Å²) < 4.78 is 7.34. The minimum absolute atomic E-state index is 0.00956. The SMILES string of the molecule is CC1=C(C#N)C(=O)N(C)C(=O)/C1=C/C1=Cc2sc3c(sc4c5sc(/C=C6/C(=O)N(C)C(=O)C(C#N)=C6C)cc5sc34)c2C12CCCCC2. The molecule has 48 heavy (non-hydrogen) atoms. The lowest BCUT2D eigenvalue weighted by atomic mass is 9.67. The van der Waals surface area contributed by atoms with Crippen molar-refractivity contribution in [3.05, 3.63) is 66.5 Å². The molecule has 0 unspecified atom stereocenters. The number of rotatable bonds is 2. The van der Waals surface area contributed by atoms with E-state index in [0.717, 1.165) is 61.8 Å². The minimum Gasteiger partial charge on any atom is -0.277 e. The van der Waals surface area contributed by atoms with E-state index in [1.165, 1.54) is 43.3 Å². The van der Waals surface area contributed by atoms with Gasteiger partial charge in [0.15, 0.2) is 0 Å². The largest absolute Gasteiger partial charge is 0.277 e. The van der Waals surface area contributed by atoms with Gasteiger partial charge in [0.2, 0.25) is 0 Å². The number of likely N-dealkylation sites (N-methyl/N-ethyl adjacent to an activating group) is 2. The Morgan fingerprint density at radius 1 is 0.708 bits per heavy atom. The number of thiophene rings is 4. The molecular weight excluding hydrogens is 681 g/mol. The van der Waals surface area contributed by atoms with Crippen molar-refractivity contribution < 1.29 is 19.2 Å². The molecule has 0 radical (unpaired) electrons. The monoisotopic (exact) mass is 706 g/mol. The number of nitriles is 2. The summed E-state index contributed by atoms with van der Waals surface area (Å²) in [5.74, 6) is -1.93. The summed E-state index contributed by atoms with van der Waals surface area (Å²) in [4.78, 5) is 55.5. The number of nitrogens with zero attached hydrogens (tertiary/aromatic N) is 4. The number of hydrogen-bond donors (Lipinski definition) is 0. The van der Waals surface area contributed by atoms with Crippen LogP contribution in [0.2, 0.25) is 0 Å². The Balaban J connectivity index is 1.25. The van der Waals surface area contributed by atoms with Gasteiger partial charge in [-0.1, -0.05) is 19.3 Å². The number of carbonyl (C=O) groups excluding carboxylic acids is 4. The Morgan fingerprint density at radius 3 is 1.88 bits per heavy atom. The summed E-state index contributed by atoms with van der Waals surface area (Å²) in [6.45, 7) is 3.34. The first-order valence-electron chi connectivity index (χ1n) is 15.5. The molecule has 1 saturated carbocycles. The van der Waals surface area contributed by atoms with Gasteiger partial charge in [0, 0.05) is 45.1 Å². The lowest BCUT2D eigenvalue weighted by Crippen LogP contribution is -2.40. The van der Waals surface area contributed by atoms with Gasteiger partial charge in [0.05, 0.1) is 23.5 Å². The fourth-order valence-electron chi connectivity index (χ4n) is 7.53. The van der Waals surface area contributed by atoms with E-state index in [4.69, 9.17) is 0 Å². The first kappa shape index (κ1) is 30.8. The van der Waals surface area contributed by atoms with Crippen LogP contribution in [0.3, 0.4) is 0 Å². The molecule has 6 heterocycles. The van der Waals surface area contributed by atoms with E-state index < -0.39 is 17.7 Å². The van der Waals surface area contributed by atoms with Gasteiger partial charge in [-0.25, -0.2) is 0 Å². The van der Waals surface area contributed by atoms with E-state index >= 15 is 0 Å². The quantitative estimate of drug-likeness (QED) is 0.154. The topological polar surface area (TPSA) is 122 Å². The number of amides is 4. The molecule has 8 rings (SSSR count). The Morgan fingerprint density at radius 2 is 1.27 bits per heavy atom. The van der Waals surface area contributed by atoms with Crippen molar-refractivity contribution in [1.82, 2.24) is 9.80 Å². The highest BCUT2D eigenvalue weighted by Gasteiger charge is 2.46. The Hall–Kier alpha value is -4.46. The molecule has 12 heteroatoms. The van der Waals surface area contributed by atoms with Crippen LogP contribution in [0.1, 0.15) is 61.3 Å². The number of imide groups is 2. The van der Waals surface area contributed by atoms with Crippen LogP contribution in [-0.2, 0) is 24.6 Å². The van der Waals surface area contributed by atoms with Crippen LogP contribution in [0.25, 0.3) is 40.4 Å². The van der Waals surface area contributed by atoms with Gasteiger partial charge in [0.25, 0.3) is 23.6 Å². The first-order valence-corrected chi connectivity index (χ1v) is 18.7. The third-order valence-electron chi connectivity index (χ3n) is 10.1. The number of allylic oxidation sites excluding steroid dienone is 2. The van der Waals surface area contributed by atoms with Gasteiger partial charge in [-0.15, -0.1) is 45.3 Å². The molecule has 1 fully saturated rings. The van der Waals surface area contributed by atoms with Crippen LogP contribution in [0, 0.1) is 22.7 Å². The molecule has 4 aromatic rings. The fraction of sp³-hybridized carbons (Fsp3) is 0.278. The summed E-state index contributed by atoms with van der Waals surface area (Å²) in [5.41, 5.74) is 3.78. The van der Waals surface area contributed by atoms with Crippen LogP contribution in [-0.4, -0.2) is 47.5 Å². The van der Waals surface area contributed by atoms with E-state index in [9.17, 15) is 29.7 Å². The van der Waals surface area contributed by atoms with Gasteiger partial charge in [0.1, 0.15) is 23.3 Å². The predicted octanol–water partition coefficient (Wildman–Crippen LogP) is 7.98. The second-order valence-corrected chi connectivity index (χ2v) is 16.8. The third-order valence-corrected chi connectivity index (χ3v) is 15.4. The molecule has 1 spiro atoms. The maximum absolute atomic E-state index is 13.3. The van der Waals surface area contributed by atoms with Crippen molar-refractivity contribution in [3.63, 3.8) is 0 Å². The maximum atomic E-state index is 13.3. The Kier molecular flexibility index (Phi) is 6.92. The van der Waals surface area contributed by atoms with Crippen LogP contribution in [0.5, 0.6) is 0 Å². The predicted molar refractivity (Wildman–Crippen MR) is 191 cm³/mol. The van der Waals surface area contributed by atoms with Crippen LogP contribution < -0.4 is 0 Å². The molecule has 0 bridgehead atoms. The lowest BCUT2D eigenvalue weighted by molar-refractivity contribution is -0.140. The third kappa shape index (κ3) is 4.07. The number of hydrogen-bond acceptors (Lipinski definition) is 10. The molecule has 0 N–H and O–H groups in total. The second-order valence-electron chi connectivity index (χ2n) is 12.6. The first-order chi connectivity index (χ1) is 23.0. The zero-order chi connectivity index (χ0) is 33.8. The average Bonchev–Trinajstić information content (AvgIpc) is 3.85. The van der Waals surface area contributed by atoms with Crippen LogP contribution in [0.15, 0.2) is 51.2 Å². The standard InChI is InChI=1S/C36H26N4O4S4/c1-16-20(32(41)39(3)34(43)22(16)14-37)10-18-11-24-26(36(18)8-6-5-7-9-36)28-30(46-24)31-29(48-28)27-25(47-31)13-19(45-27)12-21-17(2)23(15-38)35(44)40(4)33(21)42/h10-13H,5-9H2,1-4H3/b20-10+,21-12+. The van der Waals surface area contributed by atoms with Crippen molar-refractivity contribution in [2.45, 2.75) is 51.4 Å². The molecule has 2 aliphatic carbocycles. The fourth-order valence-corrected chi connectivity index (χ4v) is 13.5. The lowest BCUT2D eigenvalue weighted by Gasteiger charge is -2.37. The van der Waals surface area contributed by atoms with Gasteiger partial charge in [-0.3, -0.25) is 29.0 Å². The summed E-state index contributed by atoms with van der Waals surface area (Å²) >= 11 is 6.96. The van der Waals surface area contributed by atoms with Gasteiger partial charge in [-0.2, -0.15) is 10.5 Å². The molecule has 8 nitrogen and oxygen atoms in total. The van der Waals surface area contributed by atoms with Crippen LogP contribution in [0.4, 0.5) is 0 Å². The Labute approximate surface area is 291 Å². The molecule has 4 aromatic heterocycles. The highest BCUT2D eigenvalue weighted by molar-refractivity contribution is 7.44. The zero-order valence-electron chi connectivity index (χ0n) is 26.4. The second kappa shape index (κ2) is 10.8. The zero-order valence-corrected chi connectivity index (χ0v) is 29.7. The van der Waals surface area contributed by atoms with E-state index in [2.05, 4.69) is 12.1 Å². The van der Waals surface area contributed by atoms with Crippen molar-refractivity contribution in [2.24, 2.45) is 0 Å². The van der Waals surface area contributed by atoms with Crippen molar-refractivity contribution in [3.8, 4) is 12.1 Å². The smallest absolute Gasteiger partial charge is 0.271 e. The van der Waals surface area contributed by atoms with E-state index in [0.29, 0.717) is 22.3 Å². The molecule has 0 atom stereocenters. The molecular formula is C36H26N4O4S4. The maximum Gasteiger partial charge on any atom is 0.271 e. The summed E-state index contributed by atoms with van der Waals surface area (Å²) in [7, 11) is 2.83. The van der Waals surface area contributed by atoms with E-state index in [-0.39, 0.29) is 22.5 Å². The van der Waals surface area contributed by atoms with Crippen LogP contribution >= 0.6 is 45.3 Å². The summed E-state index contributed by atoms with van der Waals surface area (Å²) in [6.07, 6.45) is 11.2. The molecule has 0 aromatic carbocycles. The van der Waals surface area contributed by atoms with Gasteiger partial charge < -0.3 is 0 Å². The average molecular weight is 707 g/mol. The van der Waals surface area contributed by atoms with E-state index in [1.54, 1.807) is 53.9 Å². The summed E-state index contributed by atoms with van der Waals surface area (Å²) in [5, 5.41) is 19.3. The van der Waals surface area contributed by atoms with Crippen molar-refractivity contribution in [2.75, 3.05) is 14.1 Å². The minimum atomic E-state index is -0.576. The van der Waals surface area contributed by atoms with Gasteiger partial charge in [-0.05, 0) is 73.3 Å².